The summed E-state index contributed by atoms with van der Waals surface area (Å²) in [4.78, 5) is 12.1. The Hall–Kier alpha value is -1.90. The van der Waals surface area contributed by atoms with E-state index in [0.29, 0.717) is 17.2 Å². The molecule has 0 heterocycles. The quantitative estimate of drug-likeness (QED) is 0.209. The third kappa shape index (κ3) is 6.29. The first-order valence-corrected chi connectivity index (χ1v) is 10.9. The second kappa shape index (κ2) is 10.2. The zero-order valence-corrected chi connectivity index (χ0v) is 20.0. The molecule has 1 amide bonds. The number of hydrazone groups is 1. The summed E-state index contributed by atoms with van der Waals surface area (Å²) in [5.41, 5.74) is 5.80. The molecule has 0 spiro atoms. The van der Waals surface area contributed by atoms with Crippen molar-refractivity contribution in [2.24, 2.45) is 5.10 Å². The van der Waals surface area contributed by atoms with Crippen LogP contribution in [-0.2, 0) is 6.61 Å². The SMILES string of the molecule is Cc1ccc(C(=O)N/N=C\c2ccc(OCc3ccc(I)cc3)c(Br)c2)cc1Cl. The number of aryl methyl sites for hydroxylation is 1. The van der Waals surface area contributed by atoms with Crippen molar-refractivity contribution >= 4 is 62.2 Å². The summed E-state index contributed by atoms with van der Waals surface area (Å²) >= 11 is 11.8. The molecule has 4 nitrogen and oxygen atoms in total. The standard InChI is InChI=1S/C22H17BrClIN2O2/c1-14-2-6-17(11-20(14)24)22(28)27-26-12-16-5-9-21(19(23)10-16)29-13-15-3-7-18(25)8-4-15/h2-12H,13H2,1H3,(H,27,28)/b26-12-. The molecule has 0 radical (unpaired) electrons. The minimum Gasteiger partial charge on any atom is -0.488 e. The van der Waals surface area contributed by atoms with Crippen LogP contribution in [0.4, 0.5) is 0 Å². The normalized spacial score (nSPS) is 10.9. The highest BCUT2D eigenvalue weighted by Gasteiger charge is 2.06. The number of nitrogens with zero attached hydrogens (tertiary/aromatic N) is 1. The van der Waals surface area contributed by atoms with Crippen molar-refractivity contribution in [1.82, 2.24) is 5.43 Å². The van der Waals surface area contributed by atoms with Crippen molar-refractivity contribution in [3.63, 3.8) is 0 Å². The minimum absolute atomic E-state index is 0.320. The van der Waals surface area contributed by atoms with Gasteiger partial charge >= 0.3 is 0 Å². The highest BCUT2D eigenvalue weighted by atomic mass is 127. The van der Waals surface area contributed by atoms with E-state index in [4.69, 9.17) is 16.3 Å². The predicted octanol–water partition coefficient (Wildman–Crippen LogP) is 6.36. The summed E-state index contributed by atoms with van der Waals surface area (Å²) in [5, 5.41) is 4.56. The van der Waals surface area contributed by atoms with Crippen LogP contribution < -0.4 is 10.2 Å². The van der Waals surface area contributed by atoms with Crippen molar-refractivity contribution in [2.75, 3.05) is 0 Å². The Kier molecular flexibility index (Phi) is 7.69. The van der Waals surface area contributed by atoms with Crippen LogP contribution in [-0.4, -0.2) is 12.1 Å². The molecular formula is C22H17BrClIN2O2. The molecular weight excluding hydrogens is 567 g/mol. The first kappa shape index (κ1) is 21.8. The van der Waals surface area contributed by atoms with Gasteiger partial charge in [-0.15, -0.1) is 0 Å². The highest BCUT2D eigenvalue weighted by molar-refractivity contribution is 14.1. The van der Waals surface area contributed by atoms with Gasteiger partial charge < -0.3 is 4.74 Å². The first-order valence-electron chi connectivity index (χ1n) is 8.69. The van der Waals surface area contributed by atoms with Gasteiger partial charge in [0.15, 0.2) is 0 Å². The van der Waals surface area contributed by atoms with Gasteiger partial charge in [-0.3, -0.25) is 4.79 Å². The van der Waals surface area contributed by atoms with Gasteiger partial charge in [-0.05, 0) is 105 Å². The number of hydrogen-bond acceptors (Lipinski definition) is 3. The third-order valence-corrected chi connectivity index (χ3v) is 5.82. The Morgan fingerprint density at radius 1 is 1.17 bits per heavy atom. The maximum Gasteiger partial charge on any atom is 0.271 e. The fraction of sp³-hybridized carbons (Fsp3) is 0.0909. The lowest BCUT2D eigenvalue weighted by molar-refractivity contribution is 0.0955. The number of benzene rings is 3. The van der Waals surface area contributed by atoms with Crippen molar-refractivity contribution < 1.29 is 9.53 Å². The summed E-state index contributed by atoms with van der Waals surface area (Å²) in [5.74, 6) is 0.415. The van der Waals surface area contributed by atoms with E-state index in [-0.39, 0.29) is 5.91 Å². The van der Waals surface area contributed by atoms with E-state index >= 15 is 0 Å². The van der Waals surface area contributed by atoms with Crippen LogP contribution in [0.1, 0.15) is 27.0 Å². The van der Waals surface area contributed by atoms with Gasteiger partial charge in [0, 0.05) is 14.2 Å². The topological polar surface area (TPSA) is 50.7 Å². The number of halogens is 3. The molecule has 0 aliphatic rings. The molecule has 0 aliphatic heterocycles. The van der Waals surface area contributed by atoms with E-state index in [1.807, 2.05) is 49.4 Å². The van der Waals surface area contributed by atoms with Gasteiger partial charge in [0.1, 0.15) is 12.4 Å². The summed E-state index contributed by atoms with van der Waals surface area (Å²) in [6, 6.07) is 18.9. The fourth-order valence-corrected chi connectivity index (χ4v) is 3.47. The molecule has 3 aromatic rings. The molecule has 0 bridgehead atoms. The van der Waals surface area contributed by atoms with Crippen LogP contribution >= 0.6 is 50.1 Å². The van der Waals surface area contributed by atoms with E-state index in [2.05, 4.69) is 49.0 Å². The minimum atomic E-state index is -0.320. The molecule has 0 saturated carbocycles. The lowest BCUT2D eigenvalue weighted by atomic mass is 10.1. The molecule has 0 saturated heterocycles. The summed E-state index contributed by atoms with van der Waals surface area (Å²) in [6.07, 6.45) is 1.57. The molecule has 7 heteroatoms. The fourth-order valence-electron chi connectivity index (χ4n) is 2.42. The van der Waals surface area contributed by atoms with Crippen LogP contribution in [0.15, 0.2) is 70.2 Å². The molecule has 0 unspecified atom stereocenters. The van der Waals surface area contributed by atoms with E-state index < -0.39 is 0 Å². The van der Waals surface area contributed by atoms with Crippen molar-refractivity contribution in [3.05, 3.63) is 96.0 Å². The van der Waals surface area contributed by atoms with Crippen molar-refractivity contribution in [3.8, 4) is 5.75 Å². The molecule has 0 atom stereocenters. The average Bonchev–Trinajstić information content (AvgIpc) is 2.70. The van der Waals surface area contributed by atoms with Crippen LogP contribution in [0.5, 0.6) is 5.75 Å². The van der Waals surface area contributed by atoms with E-state index in [1.54, 1.807) is 24.4 Å². The number of carbonyl (C=O) groups excluding carboxylic acids is 1. The van der Waals surface area contributed by atoms with Gasteiger partial charge in [-0.1, -0.05) is 29.8 Å². The molecule has 148 valence electrons. The van der Waals surface area contributed by atoms with Gasteiger partial charge in [0.25, 0.3) is 5.91 Å². The van der Waals surface area contributed by atoms with Gasteiger partial charge in [0.2, 0.25) is 0 Å². The Morgan fingerprint density at radius 3 is 2.62 bits per heavy atom. The Bertz CT molecular complexity index is 1060. The maximum atomic E-state index is 12.1. The second-order valence-electron chi connectivity index (χ2n) is 6.27. The lowest BCUT2D eigenvalue weighted by Gasteiger charge is -2.09. The highest BCUT2D eigenvalue weighted by Crippen LogP contribution is 2.26. The van der Waals surface area contributed by atoms with Crippen LogP contribution in [0.2, 0.25) is 5.02 Å². The number of amides is 1. The number of carbonyl (C=O) groups is 1. The molecule has 3 aromatic carbocycles. The molecule has 1 N–H and O–H groups in total. The van der Waals surface area contributed by atoms with Crippen LogP contribution in [0.25, 0.3) is 0 Å². The van der Waals surface area contributed by atoms with Crippen molar-refractivity contribution in [2.45, 2.75) is 13.5 Å². The summed E-state index contributed by atoms with van der Waals surface area (Å²) in [6.45, 7) is 2.37. The molecule has 0 aromatic heterocycles. The van der Waals surface area contributed by atoms with Crippen LogP contribution in [0, 0.1) is 10.5 Å². The van der Waals surface area contributed by atoms with E-state index in [1.165, 1.54) is 3.57 Å². The number of nitrogens with one attached hydrogen (secondary N) is 1. The third-order valence-electron chi connectivity index (χ3n) is 4.08. The van der Waals surface area contributed by atoms with E-state index in [0.717, 1.165) is 26.9 Å². The maximum absolute atomic E-state index is 12.1. The Morgan fingerprint density at radius 2 is 1.93 bits per heavy atom. The monoisotopic (exact) mass is 582 g/mol. The summed E-state index contributed by atoms with van der Waals surface area (Å²) < 4.78 is 7.86. The molecule has 0 aliphatic carbocycles. The van der Waals surface area contributed by atoms with Crippen LogP contribution in [0.3, 0.4) is 0 Å². The zero-order valence-electron chi connectivity index (χ0n) is 15.5. The zero-order chi connectivity index (χ0) is 20.8. The smallest absolute Gasteiger partial charge is 0.271 e. The predicted molar refractivity (Wildman–Crippen MR) is 129 cm³/mol. The van der Waals surface area contributed by atoms with Crippen molar-refractivity contribution in [1.29, 1.82) is 0 Å². The van der Waals surface area contributed by atoms with Gasteiger partial charge in [-0.2, -0.15) is 5.10 Å². The van der Waals surface area contributed by atoms with E-state index in [9.17, 15) is 4.79 Å². The Labute approximate surface area is 196 Å². The molecule has 0 fully saturated rings. The first-order chi connectivity index (χ1) is 13.9. The van der Waals surface area contributed by atoms with Gasteiger partial charge in [0.05, 0.1) is 10.7 Å². The average molecular weight is 584 g/mol. The molecule has 29 heavy (non-hydrogen) atoms. The largest absolute Gasteiger partial charge is 0.488 e. The lowest BCUT2D eigenvalue weighted by Crippen LogP contribution is -2.17. The number of hydrogen-bond donors (Lipinski definition) is 1. The summed E-state index contributed by atoms with van der Waals surface area (Å²) in [7, 11) is 0. The second-order valence-corrected chi connectivity index (χ2v) is 8.78. The number of ether oxygens (including phenoxy) is 1. The van der Waals surface area contributed by atoms with Gasteiger partial charge in [-0.25, -0.2) is 5.43 Å². The Balaban J connectivity index is 1.58. The number of rotatable bonds is 6. The molecule has 3 rings (SSSR count).